The molecule has 1 aromatic rings. The van der Waals surface area contributed by atoms with Crippen molar-refractivity contribution in [1.82, 2.24) is 10.2 Å². The van der Waals surface area contributed by atoms with Crippen LogP contribution in [0.15, 0.2) is 18.2 Å². The summed E-state index contributed by atoms with van der Waals surface area (Å²) >= 11 is 1.63. The van der Waals surface area contributed by atoms with Crippen LogP contribution in [0.25, 0.3) is 0 Å². The monoisotopic (exact) mass is 265 g/mol. The number of aromatic nitrogens is 2. The normalized spacial score (nSPS) is 23.0. The minimum Gasteiger partial charge on any atom is -0.374 e. The molecule has 2 heterocycles. The lowest BCUT2D eigenvalue weighted by Gasteiger charge is -2.51. The molecule has 0 amide bonds. The average Bonchev–Trinajstić information content (AvgIpc) is 2.88. The van der Waals surface area contributed by atoms with E-state index in [-0.39, 0.29) is 0 Å². The molecule has 1 aromatic heterocycles. The Morgan fingerprint density at radius 1 is 1.50 bits per heavy atom. The van der Waals surface area contributed by atoms with Crippen molar-refractivity contribution in [3.05, 3.63) is 18.2 Å². The zero-order chi connectivity index (χ0) is 12.4. The second-order valence-corrected chi connectivity index (χ2v) is 6.17. The fourth-order valence-electron chi connectivity index (χ4n) is 3.11. The summed E-state index contributed by atoms with van der Waals surface area (Å²) in [5, 5.41) is 9.13. The molecule has 1 aliphatic heterocycles. The first-order valence-electron chi connectivity index (χ1n) is 6.55. The first-order valence-corrected chi connectivity index (χ1v) is 7.43. The molecule has 0 unspecified atom stereocenters. The third-order valence-corrected chi connectivity index (χ3v) is 4.96. The molecule has 0 radical (unpaired) electrons. The number of hydrogen-bond acceptors (Lipinski definition) is 5. The number of ether oxygens (including phenoxy) is 1. The van der Waals surface area contributed by atoms with Gasteiger partial charge in [0.1, 0.15) is 5.51 Å². The van der Waals surface area contributed by atoms with E-state index in [1.54, 1.807) is 11.3 Å². The quantitative estimate of drug-likeness (QED) is 0.784. The predicted octanol–water partition coefficient (Wildman–Crippen LogP) is 2.49. The van der Waals surface area contributed by atoms with Gasteiger partial charge in [-0.2, -0.15) is 0 Å². The maximum Gasteiger partial charge on any atom is 0.208 e. The minimum atomic E-state index is 0.469. The molecule has 0 atom stereocenters. The van der Waals surface area contributed by atoms with E-state index in [1.165, 1.54) is 25.7 Å². The van der Waals surface area contributed by atoms with E-state index in [4.69, 9.17) is 4.74 Å². The van der Waals surface area contributed by atoms with Gasteiger partial charge in [0, 0.05) is 13.1 Å². The van der Waals surface area contributed by atoms with Gasteiger partial charge in [-0.05, 0) is 31.1 Å². The lowest BCUT2D eigenvalue weighted by molar-refractivity contribution is -0.0823. The number of nitrogens with zero attached hydrogens (tertiary/aromatic N) is 3. The summed E-state index contributed by atoms with van der Waals surface area (Å²) in [7, 11) is 0. The first-order chi connectivity index (χ1) is 8.81. The largest absolute Gasteiger partial charge is 0.374 e. The molecule has 5 heteroatoms. The van der Waals surface area contributed by atoms with Crippen molar-refractivity contribution < 1.29 is 4.74 Å². The molecule has 0 aromatic carbocycles. The van der Waals surface area contributed by atoms with Gasteiger partial charge >= 0.3 is 0 Å². The first kappa shape index (κ1) is 12.1. The van der Waals surface area contributed by atoms with Gasteiger partial charge in [0.2, 0.25) is 5.13 Å². The summed E-state index contributed by atoms with van der Waals surface area (Å²) in [6, 6.07) is 0. The molecule has 0 N–H and O–H groups in total. The van der Waals surface area contributed by atoms with Crippen molar-refractivity contribution >= 4 is 16.5 Å². The Kier molecular flexibility index (Phi) is 3.35. The SMILES string of the molecule is C=CCOC1CC2(CCN(c3nncs3)CC2)C1. The zero-order valence-electron chi connectivity index (χ0n) is 10.5. The Labute approximate surface area is 112 Å². The van der Waals surface area contributed by atoms with Crippen LogP contribution < -0.4 is 4.90 Å². The summed E-state index contributed by atoms with van der Waals surface area (Å²) in [5.41, 5.74) is 2.36. The van der Waals surface area contributed by atoms with Crippen LogP contribution in [0.5, 0.6) is 0 Å². The molecule has 98 valence electrons. The van der Waals surface area contributed by atoms with Crippen LogP contribution in [0.3, 0.4) is 0 Å². The molecule has 2 aliphatic rings. The third kappa shape index (κ3) is 2.29. The van der Waals surface area contributed by atoms with E-state index >= 15 is 0 Å². The highest BCUT2D eigenvalue weighted by Gasteiger charge is 2.46. The molecule has 18 heavy (non-hydrogen) atoms. The van der Waals surface area contributed by atoms with E-state index in [2.05, 4.69) is 21.7 Å². The molecule has 4 nitrogen and oxygen atoms in total. The second kappa shape index (κ2) is 4.97. The van der Waals surface area contributed by atoms with Gasteiger partial charge in [0.15, 0.2) is 0 Å². The van der Waals surface area contributed by atoms with E-state index in [1.807, 2.05) is 11.6 Å². The van der Waals surface area contributed by atoms with Crippen LogP contribution in [0.1, 0.15) is 25.7 Å². The summed E-state index contributed by atoms with van der Waals surface area (Å²) in [4.78, 5) is 2.36. The highest BCUT2D eigenvalue weighted by Crippen LogP contribution is 2.50. The van der Waals surface area contributed by atoms with E-state index in [0.29, 0.717) is 18.1 Å². The fraction of sp³-hybridized carbons (Fsp3) is 0.692. The molecule has 3 rings (SSSR count). The Morgan fingerprint density at radius 2 is 2.28 bits per heavy atom. The topological polar surface area (TPSA) is 38.2 Å². The molecule has 1 spiro atoms. The molecule has 1 aliphatic carbocycles. The zero-order valence-corrected chi connectivity index (χ0v) is 11.4. The van der Waals surface area contributed by atoms with Crippen molar-refractivity contribution in [2.75, 3.05) is 24.6 Å². The van der Waals surface area contributed by atoms with Crippen molar-refractivity contribution in [2.24, 2.45) is 5.41 Å². The van der Waals surface area contributed by atoms with Gasteiger partial charge in [0.25, 0.3) is 0 Å². The number of anilines is 1. The van der Waals surface area contributed by atoms with Gasteiger partial charge in [-0.3, -0.25) is 0 Å². The van der Waals surface area contributed by atoms with Crippen LogP contribution in [0, 0.1) is 5.41 Å². The average molecular weight is 265 g/mol. The van der Waals surface area contributed by atoms with Crippen molar-refractivity contribution in [2.45, 2.75) is 31.8 Å². The van der Waals surface area contributed by atoms with Gasteiger partial charge in [-0.1, -0.05) is 17.4 Å². The second-order valence-electron chi connectivity index (χ2n) is 5.36. The van der Waals surface area contributed by atoms with Gasteiger partial charge in [-0.25, -0.2) is 0 Å². The predicted molar refractivity (Wildman–Crippen MR) is 73.0 cm³/mol. The molecular weight excluding hydrogens is 246 g/mol. The van der Waals surface area contributed by atoms with Crippen LogP contribution >= 0.6 is 11.3 Å². The number of rotatable bonds is 4. The fourth-order valence-corrected chi connectivity index (χ4v) is 3.73. The van der Waals surface area contributed by atoms with Gasteiger partial charge in [0.05, 0.1) is 12.7 Å². The van der Waals surface area contributed by atoms with E-state index in [9.17, 15) is 0 Å². The lowest BCUT2D eigenvalue weighted by atomic mass is 9.61. The standard InChI is InChI=1S/C13H19N3OS/c1-2-7-17-11-8-13(9-11)3-5-16(6-4-13)12-15-14-10-18-12/h2,10-11H,1,3-9H2. The smallest absolute Gasteiger partial charge is 0.208 e. The summed E-state index contributed by atoms with van der Waals surface area (Å²) in [6.45, 7) is 6.61. The molecular formula is C13H19N3OS. The Bertz CT molecular complexity index is 390. The van der Waals surface area contributed by atoms with Crippen LogP contribution in [-0.4, -0.2) is 36.0 Å². The summed E-state index contributed by atoms with van der Waals surface area (Å²) in [6.07, 6.45) is 7.29. The minimum absolute atomic E-state index is 0.469. The molecule has 2 fully saturated rings. The highest BCUT2D eigenvalue weighted by atomic mass is 32.1. The Morgan fingerprint density at radius 3 is 2.89 bits per heavy atom. The van der Waals surface area contributed by atoms with Gasteiger partial charge in [-0.15, -0.1) is 16.8 Å². The lowest BCUT2D eigenvalue weighted by Crippen LogP contribution is -2.50. The number of hydrogen-bond donors (Lipinski definition) is 0. The van der Waals surface area contributed by atoms with E-state index in [0.717, 1.165) is 18.2 Å². The molecule has 1 saturated carbocycles. The maximum atomic E-state index is 5.70. The Hall–Kier alpha value is -0.940. The summed E-state index contributed by atoms with van der Waals surface area (Å²) < 4.78 is 5.70. The van der Waals surface area contributed by atoms with Crippen molar-refractivity contribution in [3.63, 3.8) is 0 Å². The highest BCUT2D eigenvalue weighted by molar-refractivity contribution is 7.13. The molecule has 0 bridgehead atoms. The maximum absolute atomic E-state index is 5.70. The van der Waals surface area contributed by atoms with E-state index < -0.39 is 0 Å². The van der Waals surface area contributed by atoms with Crippen molar-refractivity contribution in [1.29, 1.82) is 0 Å². The Balaban J connectivity index is 1.48. The summed E-state index contributed by atoms with van der Waals surface area (Å²) in [5.74, 6) is 0. The van der Waals surface area contributed by atoms with Crippen LogP contribution in [-0.2, 0) is 4.74 Å². The van der Waals surface area contributed by atoms with Crippen molar-refractivity contribution in [3.8, 4) is 0 Å². The number of piperidine rings is 1. The van der Waals surface area contributed by atoms with Gasteiger partial charge < -0.3 is 9.64 Å². The molecule has 1 saturated heterocycles. The third-order valence-electron chi connectivity index (χ3n) is 4.21. The van der Waals surface area contributed by atoms with Crippen LogP contribution in [0.4, 0.5) is 5.13 Å². The van der Waals surface area contributed by atoms with Crippen LogP contribution in [0.2, 0.25) is 0 Å².